The largest absolute Gasteiger partial charge is 0.489 e. The molecule has 0 unspecified atom stereocenters. The summed E-state index contributed by atoms with van der Waals surface area (Å²) in [7, 11) is 0. The van der Waals surface area contributed by atoms with Crippen molar-refractivity contribution in [2.45, 2.75) is 13.5 Å². The fraction of sp³-hybridized carbons (Fsp3) is 0.0952. The SMILES string of the molecule is Cc1cc(C(=O)O)ccc1-c1cccc(OCc2ccccc2)c1. The van der Waals surface area contributed by atoms with E-state index in [-0.39, 0.29) is 0 Å². The highest BCUT2D eigenvalue weighted by Gasteiger charge is 2.08. The van der Waals surface area contributed by atoms with Crippen LogP contribution in [0.15, 0.2) is 72.8 Å². The first-order valence-corrected chi connectivity index (χ1v) is 7.74. The molecule has 0 spiro atoms. The van der Waals surface area contributed by atoms with Crippen molar-refractivity contribution in [2.24, 2.45) is 0 Å². The Morgan fingerprint density at radius 2 is 1.75 bits per heavy atom. The van der Waals surface area contributed by atoms with Crippen molar-refractivity contribution in [3.05, 3.63) is 89.5 Å². The van der Waals surface area contributed by atoms with Gasteiger partial charge in [0.15, 0.2) is 0 Å². The number of aryl methyl sites for hydroxylation is 1. The van der Waals surface area contributed by atoms with Gasteiger partial charge in [-0.05, 0) is 53.4 Å². The highest BCUT2D eigenvalue weighted by molar-refractivity contribution is 5.89. The van der Waals surface area contributed by atoms with E-state index in [0.717, 1.165) is 28.0 Å². The van der Waals surface area contributed by atoms with Crippen molar-refractivity contribution in [3.63, 3.8) is 0 Å². The topological polar surface area (TPSA) is 46.5 Å². The van der Waals surface area contributed by atoms with E-state index in [9.17, 15) is 4.79 Å². The van der Waals surface area contributed by atoms with Crippen LogP contribution < -0.4 is 4.74 Å². The molecule has 1 N–H and O–H groups in total. The zero-order valence-corrected chi connectivity index (χ0v) is 13.4. The molecule has 0 atom stereocenters. The van der Waals surface area contributed by atoms with E-state index in [1.165, 1.54) is 0 Å². The summed E-state index contributed by atoms with van der Waals surface area (Å²) in [5, 5.41) is 9.07. The summed E-state index contributed by atoms with van der Waals surface area (Å²) in [5.74, 6) is -0.123. The van der Waals surface area contributed by atoms with Crippen LogP contribution in [0, 0.1) is 6.92 Å². The maximum Gasteiger partial charge on any atom is 0.335 e. The van der Waals surface area contributed by atoms with Gasteiger partial charge in [-0.2, -0.15) is 0 Å². The van der Waals surface area contributed by atoms with Gasteiger partial charge in [0.1, 0.15) is 12.4 Å². The first kappa shape index (κ1) is 15.8. The average molecular weight is 318 g/mol. The molecule has 3 rings (SSSR count). The summed E-state index contributed by atoms with van der Waals surface area (Å²) in [6.45, 7) is 2.43. The molecule has 0 aliphatic heterocycles. The van der Waals surface area contributed by atoms with Crippen LogP contribution in [0.3, 0.4) is 0 Å². The number of carbonyl (C=O) groups is 1. The van der Waals surface area contributed by atoms with Crippen LogP contribution >= 0.6 is 0 Å². The Bertz CT molecular complexity index is 854. The minimum atomic E-state index is -0.912. The smallest absolute Gasteiger partial charge is 0.335 e. The maximum atomic E-state index is 11.1. The van der Waals surface area contributed by atoms with Crippen molar-refractivity contribution in [3.8, 4) is 16.9 Å². The molecule has 3 aromatic rings. The first-order valence-electron chi connectivity index (χ1n) is 7.74. The summed E-state index contributed by atoms with van der Waals surface area (Å²) in [4.78, 5) is 11.1. The third-order valence-electron chi connectivity index (χ3n) is 3.87. The van der Waals surface area contributed by atoms with Crippen molar-refractivity contribution >= 4 is 5.97 Å². The molecular formula is C21H18O3. The molecule has 0 aliphatic carbocycles. The molecule has 3 aromatic carbocycles. The van der Waals surface area contributed by atoms with E-state index in [4.69, 9.17) is 9.84 Å². The third-order valence-corrected chi connectivity index (χ3v) is 3.87. The van der Waals surface area contributed by atoms with Crippen molar-refractivity contribution in [1.29, 1.82) is 0 Å². The van der Waals surface area contributed by atoms with Crippen LogP contribution in [-0.2, 0) is 6.61 Å². The molecule has 0 radical (unpaired) electrons. The highest BCUT2D eigenvalue weighted by Crippen LogP contribution is 2.27. The molecule has 3 nitrogen and oxygen atoms in total. The standard InChI is InChI=1S/C21H18O3/c1-15-12-18(21(22)23)10-11-20(15)17-8-5-9-19(13-17)24-14-16-6-3-2-4-7-16/h2-13H,14H2,1H3,(H,22,23). The van der Waals surface area contributed by atoms with Gasteiger partial charge in [0.2, 0.25) is 0 Å². The lowest BCUT2D eigenvalue weighted by Crippen LogP contribution is -1.97. The highest BCUT2D eigenvalue weighted by atomic mass is 16.5. The summed E-state index contributed by atoms with van der Waals surface area (Å²) >= 11 is 0. The van der Waals surface area contributed by atoms with Crippen LogP contribution in [0.4, 0.5) is 0 Å². The molecule has 120 valence electrons. The molecule has 3 heteroatoms. The number of carboxylic acid groups (broad SMARTS) is 1. The second kappa shape index (κ2) is 7.01. The van der Waals surface area contributed by atoms with Gasteiger partial charge in [0.05, 0.1) is 5.56 Å². The van der Waals surface area contributed by atoms with E-state index in [1.807, 2.05) is 67.6 Å². The van der Waals surface area contributed by atoms with Gasteiger partial charge in [0, 0.05) is 0 Å². The minimum Gasteiger partial charge on any atom is -0.489 e. The van der Waals surface area contributed by atoms with E-state index in [1.54, 1.807) is 12.1 Å². The predicted octanol–water partition coefficient (Wildman–Crippen LogP) is 4.94. The number of benzene rings is 3. The molecule has 0 bridgehead atoms. The second-order valence-electron chi connectivity index (χ2n) is 5.64. The number of ether oxygens (including phenoxy) is 1. The molecule has 0 fully saturated rings. The van der Waals surface area contributed by atoms with E-state index in [0.29, 0.717) is 12.2 Å². The van der Waals surface area contributed by atoms with Crippen molar-refractivity contribution in [2.75, 3.05) is 0 Å². The molecular weight excluding hydrogens is 300 g/mol. The quantitative estimate of drug-likeness (QED) is 0.725. The second-order valence-corrected chi connectivity index (χ2v) is 5.64. The van der Waals surface area contributed by atoms with Crippen LogP contribution in [0.5, 0.6) is 5.75 Å². The van der Waals surface area contributed by atoms with Gasteiger partial charge in [-0.15, -0.1) is 0 Å². The predicted molar refractivity (Wildman–Crippen MR) is 94.3 cm³/mol. The number of hydrogen-bond acceptors (Lipinski definition) is 2. The summed E-state index contributed by atoms with van der Waals surface area (Å²) in [6, 6.07) is 23.0. The number of carboxylic acids is 1. The molecule has 0 amide bonds. The van der Waals surface area contributed by atoms with E-state index < -0.39 is 5.97 Å². The molecule has 24 heavy (non-hydrogen) atoms. The Morgan fingerprint density at radius 3 is 2.46 bits per heavy atom. The molecule has 0 heterocycles. The number of aromatic carboxylic acids is 1. The normalized spacial score (nSPS) is 10.4. The fourth-order valence-electron chi connectivity index (χ4n) is 2.61. The number of rotatable bonds is 5. The molecule has 0 saturated heterocycles. The Labute approximate surface area is 141 Å². The lowest BCUT2D eigenvalue weighted by molar-refractivity contribution is 0.0697. The first-order chi connectivity index (χ1) is 11.6. The Morgan fingerprint density at radius 1 is 0.958 bits per heavy atom. The number of hydrogen-bond donors (Lipinski definition) is 1. The molecule has 0 saturated carbocycles. The van der Waals surface area contributed by atoms with Crippen LogP contribution in [0.2, 0.25) is 0 Å². The maximum absolute atomic E-state index is 11.1. The van der Waals surface area contributed by atoms with Gasteiger partial charge in [-0.1, -0.05) is 48.5 Å². The minimum absolute atomic E-state index is 0.299. The van der Waals surface area contributed by atoms with Crippen molar-refractivity contribution in [1.82, 2.24) is 0 Å². The lowest BCUT2D eigenvalue weighted by Gasteiger charge is -2.10. The average Bonchev–Trinajstić information content (AvgIpc) is 2.61. The third kappa shape index (κ3) is 3.63. The Kier molecular flexibility index (Phi) is 4.62. The van der Waals surface area contributed by atoms with Gasteiger partial charge >= 0.3 is 5.97 Å². The van der Waals surface area contributed by atoms with E-state index in [2.05, 4.69) is 0 Å². The van der Waals surface area contributed by atoms with Gasteiger partial charge in [-0.25, -0.2) is 4.79 Å². The zero-order chi connectivity index (χ0) is 16.9. The monoisotopic (exact) mass is 318 g/mol. The van der Waals surface area contributed by atoms with E-state index >= 15 is 0 Å². The lowest BCUT2D eigenvalue weighted by atomic mass is 9.98. The van der Waals surface area contributed by atoms with Gasteiger partial charge < -0.3 is 9.84 Å². The Hall–Kier alpha value is -3.07. The van der Waals surface area contributed by atoms with Gasteiger partial charge in [0.25, 0.3) is 0 Å². The molecule has 0 aromatic heterocycles. The summed E-state index contributed by atoms with van der Waals surface area (Å²) < 4.78 is 5.86. The zero-order valence-electron chi connectivity index (χ0n) is 13.4. The van der Waals surface area contributed by atoms with Crippen LogP contribution in [0.1, 0.15) is 21.5 Å². The fourth-order valence-corrected chi connectivity index (χ4v) is 2.61. The molecule has 0 aliphatic rings. The van der Waals surface area contributed by atoms with Gasteiger partial charge in [-0.3, -0.25) is 0 Å². The van der Waals surface area contributed by atoms with Crippen LogP contribution in [0.25, 0.3) is 11.1 Å². The summed E-state index contributed by atoms with van der Waals surface area (Å²) in [5.41, 5.74) is 4.35. The van der Waals surface area contributed by atoms with Crippen LogP contribution in [-0.4, -0.2) is 11.1 Å². The Balaban J connectivity index is 1.81. The van der Waals surface area contributed by atoms with Crippen molar-refractivity contribution < 1.29 is 14.6 Å². The summed E-state index contributed by atoms with van der Waals surface area (Å²) in [6.07, 6.45) is 0.